The molecule has 0 spiro atoms. The van der Waals surface area contributed by atoms with Gasteiger partial charge in [0, 0.05) is 11.8 Å². The van der Waals surface area contributed by atoms with Crippen LogP contribution in [0.2, 0.25) is 0 Å². The summed E-state index contributed by atoms with van der Waals surface area (Å²) in [6.07, 6.45) is -0.126. The Bertz CT molecular complexity index is 940. The van der Waals surface area contributed by atoms with E-state index in [-0.39, 0.29) is 10.5 Å². The van der Waals surface area contributed by atoms with E-state index in [0.717, 1.165) is 6.26 Å². The van der Waals surface area contributed by atoms with Crippen LogP contribution < -0.4 is 10.9 Å². The molecule has 142 valence electrons. The molecule has 0 radical (unpaired) electrons. The maximum atomic E-state index is 12.0. The van der Waals surface area contributed by atoms with Gasteiger partial charge in [0.2, 0.25) is 0 Å². The molecule has 0 heterocycles. The molecular formula is C18H18N2O6S. The second-order valence-electron chi connectivity index (χ2n) is 5.65. The van der Waals surface area contributed by atoms with Crippen molar-refractivity contribution in [3.8, 4) is 0 Å². The minimum atomic E-state index is -3.38. The van der Waals surface area contributed by atoms with Gasteiger partial charge in [-0.15, -0.1) is 0 Å². The highest BCUT2D eigenvalue weighted by Gasteiger charge is 2.20. The van der Waals surface area contributed by atoms with Crippen LogP contribution in [0.5, 0.6) is 0 Å². The molecule has 27 heavy (non-hydrogen) atoms. The lowest BCUT2D eigenvalue weighted by atomic mass is 10.2. The van der Waals surface area contributed by atoms with Crippen LogP contribution in [0.25, 0.3) is 0 Å². The average Bonchev–Trinajstić information content (AvgIpc) is 2.65. The summed E-state index contributed by atoms with van der Waals surface area (Å²) in [6, 6.07) is 13.4. The van der Waals surface area contributed by atoms with Crippen molar-refractivity contribution in [1.82, 2.24) is 10.9 Å². The first-order chi connectivity index (χ1) is 12.7. The number of nitrogens with one attached hydrogen (secondary N) is 2. The molecule has 1 atom stereocenters. The lowest BCUT2D eigenvalue weighted by Crippen LogP contribution is -2.46. The van der Waals surface area contributed by atoms with Gasteiger partial charge in [0.05, 0.1) is 10.5 Å². The summed E-state index contributed by atoms with van der Waals surface area (Å²) in [6.45, 7) is 1.34. The third-order valence-corrected chi connectivity index (χ3v) is 4.63. The first-order valence-corrected chi connectivity index (χ1v) is 9.74. The Morgan fingerprint density at radius 3 is 2.04 bits per heavy atom. The number of hydrazine groups is 1. The van der Waals surface area contributed by atoms with Gasteiger partial charge in [-0.25, -0.2) is 13.2 Å². The molecule has 0 bridgehead atoms. The van der Waals surface area contributed by atoms with E-state index in [1.165, 1.54) is 31.2 Å². The summed E-state index contributed by atoms with van der Waals surface area (Å²) in [5.74, 6) is -2.04. The van der Waals surface area contributed by atoms with Crippen LogP contribution in [0, 0.1) is 0 Å². The number of sulfone groups is 1. The first kappa shape index (κ1) is 20.1. The number of esters is 1. The fraction of sp³-hybridized carbons (Fsp3) is 0.167. The van der Waals surface area contributed by atoms with E-state index in [0.29, 0.717) is 5.56 Å². The Labute approximate surface area is 156 Å². The molecule has 9 heteroatoms. The molecule has 2 aromatic carbocycles. The molecule has 0 aromatic heterocycles. The molecule has 0 fully saturated rings. The Balaban J connectivity index is 1.90. The number of hydrogen-bond acceptors (Lipinski definition) is 6. The summed E-state index contributed by atoms with van der Waals surface area (Å²) in [7, 11) is -3.38. The van der Waals surface area contributed by atoms with Crippen LogP contribution in [-0.4, -0.2) is 38.6 Å². The van der Waals surface area contributed by atoms with Gasteiger partial charge in [-0.05, 0) is 43.3 Å². The summed E-state index contributed by atoms with van der Waals surface area (Å²) in [5.41, 5.74) is 4.84. The molecule has 0 saturated carbocycles. The first-order valence-electron chi connectivity index (χ1n) is 7.85. The second kappa shape index (κ2) is 8.45. The van der Waals surface area contributed by atoms with Crippen LogP contribution >= 0.6 is 0 Å². The highest BCUT2D eigenvalue weighted by Crippen LogP contribution is 2.12. The van der Waals surface area contributed by atoms with Crippen molar-refractivity contribution in [3.05, 3.63) is 65.7 Å². The van der Waals surface area contributed by atoms with Crippen molar-refractivity contribution in [3.63, 3.8) is 0 Å². The maximum Gasteiger partial charge on any atom is 0.338 e. The molecule has 8 nitrogen and oxygen atoms in total. The summed E-state index contributed by atoms with van der Waals surface area (Å²) in [4.78, 5) is 35.9. The molecule has 0 unspecified atom stereocenters. The van der Waals surface area contributed by atoms with Crippen molar-refractivity contribution in [2.24, 2.45) is 0 Å². The number of ether oxygens (including phenoxy) is 1. The van der Waals surface area contributed by atoms with Crippen molar-refractivity contribution in [2.45, 2.75) is 17.9 Å². The van der Waals surface area contributed by atoms with E-state index >= 15 is 0 Å². The van der Waals surface area contributed by atoms with Gasteiger partial charge >= 0.3 is 5.97 Å². The van der Waals surface area contributed by atoms with Crippen LogP contribution in [-0.2, 0) is 19.4 Å². The zero-order valence-electron chi connectivity index (χ0n) is 14.6. The van der Waals surface area contributed by atoms with E-state index in [1.54, 1.807) is 30.3 Å². The van der Waals surface area contributed by atoms with Crippen LogP contribution in [0.3, 0.4) is 0 Å². The van der Waals surface area contributed by atoms with Crippen LogP contribution in [0.15, 0.2) is 59.5 Å². The van der Waals surface area contributed by atoms with Gasteiger partial charge < -0.3 is 4.74 Å². The minimum absolute atomic E-state index is 0.0634. The average molecular weight is 390 g/mol. The number of carbonyl (C=O) groups is 3. The van der Waals surface area contributed by atoms with E-state index in [4.69, 9.17) is 4.74 Å². The summed E-state index contributed by atoms with van der Waals surface area (Å²) in [5, 5.41) is 0. The van der Waals surface area contributed by atoms with Crippen molar-refractivity contribution in [2.75, 3.05) is 6.26 Å². The van der Waals surface area contributed by atoms with Gasteiger partial charge in [0.1, 0.15) is 0 Å². The predicted molar refractivity (Wildman–Crippen MR) is 96.5 cm³/mol. The smallest absolute Gasteiger partial charge is 0.338 e. The monoisotopic (exact) mass is 390 g/mol. The Morgan fingerprint density at radius 1 is 0.889 bits per heavy atom. The maximum absolute atomic E-state index is 12.0. The largest absolute Gasteiger partial charge is 0.449 e. The Kier molecular flexibility index (Phi) is 6.30. The highest BCUT2D eigenvalue weighted by molar-refractivity contribution is 7.90. The van der Waals surface area contributed by atoms with Gasteiger partial charge in [0.15, 0.2) is 15.9 Å². The SMILES string of the molecule is C[C@H](OC(=O)c1ccc(S(C)(=O)=O)cc1)C(=O)NNC(=O)c1ccccc1. The predicted octanol–water partition coefficient (Wildman–Crippen LogP) is 1.10. The number of rotatable bonds is 5. The van der Waals surface area contributed by atoms with Crippen LogP contribution in [0.1, 0.15) is 27.6 Å². The number of hydrogen-bond donors (Lipinski definition) is 2. The minimum Gasteiger partial charge on any atom is -0.449 e. The van der Waals surface area contributed by atoms with Crippen molar-refractivity contribution < 1.29 is 27.5 Å². The zero-order chi connectivity index (χ0) is 20.0. The third-order valence-electron chi connectivity index (χ3n) is 3.51. The summed E-state index contributed by atoms with van der Waals surface area (Å²) < 4.78 is 27.8. The van der Waals surface area contributed by atoms with Gasteiger partial charge in [-0.3, -0.25) is 20.4 Å². The van der Waals surface area contributed by atoms with E-state index < -0.39 is 33.7 Å². The molecule has 2 rings (SSSR count). The Morgan fingerprint density at radius 2 is 1.48 bits per heavy atom. The molecule has 2 amide bonds. The van der Waals surface area contributed by atoms with Crippen LogP contribution in [0.4, 0.5) is 0 Å². The zero-order valence-corrected chi connectivity index (χ0v) is 15.4. The number of carbonyl (C=O) groups excluding carboxylic acids is 3. The van der Waals surface area contributed by atoms with E-state index in [9.17, 15) is 22.8 Å². The quantitative estimate of drug-likeness (QED) is 0.583. The van der Waals surface area contributed by atoms with Crippen molar-refractivity contribution in [1.29, 1.82) is 0 Å². The molecule has 0 saturated heterocycles. The van der Waals surface area contributed by atoms with Crippen molar-refractivity contribution >= 4 is 27.6 Å². The molecule has 0 aliphatic carbocycles. The molecule has 0 aliphatic heterocycles. The lowest BCUT2D eigenvalue weighted by molar-refractivity contribution is -0.129. The van der Waals surface area contributed by atoms with Gasteiger partial charge in [0.25, 0.3) is 11.8 Å². The number of amides is 2. The van der Waals surface area contributed by atoms with Gasteiger partial charge in [-0.1, -0.05) is 18.2 Å². The molecule has 2 N–H and O–H groups in total. The molecule has 2 aromatic rings. The number of benzene rings is 2. The summed E-state index contributed by atoms with van der Waals surface area (Å²) >= 11 is 0. The Hall–Kier alpha value is -3.20. The standard InChI is InChI=1S/C18H18N2O6S/c1-12(16(21)19-20-17(22)13-6-4-3-5-7-13)26-18(23)14-8-10-15(11-9-14)27(2,24)25/h3-12H,1-2H3,(H,19,21)(H,20,22)/t12-/m0/s1. The topological polar surface area (TPSA) is 119 Å². The normalized spacial score (nSPS) is 11.9. The fourth-order valence-corrected chi connectivity index (χ4v) is 2.63. The van der Waals surface area contributed by atoms with E-state index in [2.05, 4.69) is 10.9 Å². The highest BCUT2D eigenvalue weighted by atomic mass is 32.2. The third kappa shape index (κ3) is 5.65. The second-order valence-corrected chi connectivity index (χ2v) is 7.67. The van der Waals surface area contributed by atoms with Gasteiger partial charge in [-0.2, -0.15) is 0 Å². The molecule has 0 aliphatic rings. The lowest BCUT2D eigenvalue weighted by Gasteiger charge is -2.14. The fourth-order valence-electron chi connectivity index (χ4n) is 2.00. The van der Waals surface area contributed by atoms with E-state index in [1.807, 2.05) is 0 Å². The molecular weight excluding hydrogens is 372 g/mol.